The fourth-order valence-corrected chi connectivity index (χ4v) is 2.62. The maximum atomic E-state index is 12.2. The van der Waals surface area contributed by atoms with Crippen molar-refractivity contribution in [1.29, 1.82) is 0 Å². The van der Waals surface area contributed by atoms with Crippen molar-refractivity contribution in [3.8, 4) is 11.3 Å². The van der Waals surface area contributed by atoms with Gasteiger partial charge in [-0.25, -0.2) is 15.0 Å². The molecule has 0 spiro atoms. The van der Waals surface area contributed by atoms with Crippen molar-refractivity contribution in [3.63, 3.8) is 0 Å². The van der Waals surface area contributed by atoms with E-state index >= 15 is 0 Å². The van der Waals surface area contributed by atoms with Crippen LogP contribution in [0.3, 0.4) is 0 Å². The number of pyridine rings is 1. The topological polar surface area (TPSA) is 90.5 Å². The standard InChI is InChI=1S/C17H15N7O/c1-23-9-18-8-14(23)11-3-4-12-7-19-15(6-13(12)5-11)21-17(25)16-20-10-24(2)22-16/h3-10H,1-2H3,(H,19,21,25). The van der Waals surface area contributed by atoms with Gasteiger partial charge in [0.1, 0.15) is 12.1 Å². The van der Waals surface area contributed by atoms with E-state index in [0.717, 1.165) is 22.0 Å². The number of aromatic nitrogens is 6. The largest absolute Gasteiger partial charge is 0.334 e. The zero-order valence-corrected chi connectivity index (χ0v) is 13.7. The summed E-state index contributed by atoms with van der Waals surface area (Å²) in [5.74, 6) is 0.162. The molecule has 1 amide bonds. The van der Waals surface area contributed by atoms with Crippen LogP contribution < -0.4 is 5.32 Å². The summed E-state index contributed by atoms with van der Waals surface area (Å²) in [5.41, 5.74) is 2.06. The molecule has 0 saturated carbocycles. The summed E-state index contributed by atoms with van der Waals surface area (Å²) in [6.45, 7) is 0. The molecule has 0 fully saturated rings. The highest BCUT2D eigenvalue weighted by Gasteiger charge is 2.12. The smallest absolute Gasteiger partial charge is 0.296 e. The molecule has 0 radical (unpaired) electrons. The summed E-state index contributed by atoms with van der Waals surface area (Å²) in [7, 11) is 3.66. The lowest BCUT2D eigenvalue weighted by Crippen LogP contribution is -2.15. The number of carbonyl (C=O) groups excluding carboxylic acids is 1. The molecule has 124 valence electrons. The van der Waals surface area contributed by atoms with Gasteiger partial charge in [-0.3, -0.25) is 9.48 Å². The van der Waals surface area contributed by atoms with E-state index in [2.05, 4.69) is 25.4 Å². The van der Waals surface area contributed by atoms with Gasteiger partial charge in [-0.2, -0.15) is 0 Å². The number of anilines is 1. The SMILES string of the molecule is Cn1cnc(C(=O)Nc2cc3cc(-c4cncn4C)ccc3cn2)n1. The Morgan fingerprint density at radius 3 is 2.64 bits per heavy atom. The summed E-state index contributed by atoms with van der Waals surface area (Å²) in [6, 6.07) is 7.90. The number of imidazole rings is 1. The molecule has 4 aromatic rings. The van der Waals surface area contributed by atoms with Gasteiger partial charge in [-0.15, -0.1) is 5.10 Å². The minimum absolute atomic E-state index is 0.105. The molecule has 3 heterocycles. The molecule has 0 aliphatic rings. The minimum Gasteiger partial charge on any atom is -0.334 e. The van der Waals surface area contributed by atoms with E-state index in [0.29, 0.717) is 5.82 Å². The van der Waals surface area contributed by atoms with Crippen molar-refractivity contribution in [3.05, 3.63) is 55.1 Å². The monoisotopic (exact) mass is 333 g/mol. The van der Waals surface area contributed by atoms with Gasteiger partial charge in [0.05, 0.1) is 18.2 Å². The first-order valence-corrected chi connectivity index (χ1v) is 7.63. The third-order valence-corrected chi connectivity index (χ3v) is 3.88. The van der Waals surface area contributed by atoms with Crippen LogP contribution in [0.4, 0.5) is 5.82 Å². The Labute approximate surface area is 143 Å². The van der Waals surface area contributed by atoms with Crippen LogP contribution in [0, 0.1) is 0 Å². The number of hydrogen-bond acceptors (Lipinski definition) is 5. The number of carbonyl (C=O) groups is 1. The van der Waals surface area contributed by atoms with Crippen molar-refractivity contribution in [2.24, 2.45) is 14.1 Å². The quantitative estimate of drug-likeness (QED) is 0.619. The number of amides is 1. The molecule has 0 aliphatic carbocycles. The number of benzene rings is 1. The molecule has 1 aromatic carbocycles. The van der Waals surface area contributed by atoms with Crippen LogP contribution in [0.25, 0.3) is 22.0 Å². The van der Waals surface area contributed by atoms with Crippen LogP contribution in [-0.2, 0) is 14.1 Å². The van der Waals surface area contributed by atoms with Crippen molar-refractivity contribution in [2.45, 2.75) is 0 Å². The van der Waals surface area contributed by atoms with E-state index in [1.807, 2.05) is 42.1 Å². The van der Waals surface area contributed by atoms with Gasteiger partial charge in [0.25, 0.3) is 5.91 Å². The second-order valence-corrected chi connectivity index (χ2v) is 5.72. The molecule has 0 atom stereocenters. The molecule has 3 aromatic heterocycles. The lowest BCUT2D eigenvalue weighted by atomic mass is 10.1. The van der Waals surface area contributed by atoms with Crippen LogP contribution in [0.5, 0.6) is 0 Å². The van der Waals surface area contributed by atoms with E-state index in [1.165, 1.54) is 11.0 Å². The first kappa shape index (κ1) is 15.0. The molecular formula is C17H15N7O. The molecule has 8 nitrogen and oxygen atoms in total. The number of rotatable bonds is 3. The van der Waals surface area contributed by atoms with E-state index in [4.69, 9.17) is 0 Å². The Bertz CT molecular complexity index is 1080. The van der Waals surface area contributed by atoms with E-state index in [1.54, 1.807) is 19.6 Å². The zero-order chi connectivity index (χ0) is 17.4. The van der Waals surface area contributed by atoms with E-state index in [9.17, 15) is 4.79 Å². The highest BCUT2D eigenvalue weighted by molar-refractivity contribution is 6.02. The van der Waals surface area contributed by atoms with Gasteiger partial charge in [0.15, 0.2) is 0 Å². The third-order valence-electron chi connectivity index (χ3n) is 3.88. The predicted molar refractivity (Wildman–Crippen MR) is 92.9 cm³/mol. The van der Waals surface area contributed by atoms with Gasteiger partial charge in [0.2, 0.25) is 5.82 Å². The van der Waals surface area contributed by atoms with Gasteiger partial charge in [0, 0.05) is 31.2 Å². The summed E-state index contributed by atoms with van der Waals surface area (Å²) in [5, 5.41) is 8.66. The van der Waals surface area contributed by atoms with Gasteiger partial charge < -0.3 is 9.88 Å². The van der Waals surface area contributed by atoms with Crippen molar-refractivity contribution in [1.82, 2.24) is 29.3 Å². The fraction of sp³-hybridized carbons (Fsp3) is 0.118. The Morgan fingerprint density at radius 1 is 1.04 bits per heavy atom. The van der Waals surface area contributed by atoms with Crippen LogP contribution in [0.2, 0.25) is 0 Å². The summed E-state index contributed by atoms with van der Waals surface area (Å²) >= 11 is 0. The molecule has 0 aliphatic heterocycles. The average Bonchev–Trinajstić information content (AvgIpc) is 3.22. The lowest BCUT2D eigenvalue weighted by molar-refractivity contribution is 0.101. The van der Waals surface area contributed by atoms with E-state index < -0.39 is 5.91 Å². The average molecular weight is 333 g/mol. The maximum Gasteiger partial charge on any atom is 0.296 e. The molecule has 25 heavy (non-hydrogen) atoms. The molecule has 0 unspecified atom stereocenters. The number of nitrogens with zero attached hydrogens (tertiary/aromatic N) is 6. The summed E-state index contributed by atoms with van der Waals surface area (Å²) in [4.78, 5) is 24.5. The van der Waals surface area contributed by atoms with Gasteiger partial charge >= 0.3 is 0 Å². The minimum atomic E-state index is -0.393. The first-order chi connectivity index (χ1) is 12.1. The number of nitrogens with one attached hydrogen (secondary N) is 1. The molecule has 8 heteroatoms. The third kappa shape index (κ3) is 2.85. The summed E-state index contributed by atoms with van der Waals surface area (Å²) in [6.07, 6.45) is 6.78. The normalized spacial score (nSPS) is 11.0. The van der Waals surface area contributed by atoms with Gasteiger partial charge in [-0.1, -0.05) is 12.1 Å². The highest BCUT2D eigenvalue weighted by atomic mass is 16.2. The highest BCUT2D eigenvalue weighted by Crippen LogP contribution is 2.25. The van der Waals surface area contributed by atoms with Crippen molar-refractivity contribution in [2.75, 3.05) is 5.32 Å². The second kappa shape index (κ2) is 5.82. The van der Waals surface area contributed by atoms with E-state index in [-0.39, 0.29) is 5.82 Å². The van der Waals surface area contributed by atoms with Crippen LogP contribution in [0.1, 0.15) is 10.6 Å². The van der Waals surface area contributed by atoms with Crippen molar-refractivity contribution >= 4 is 22.5 Å². The number of aryl methyl sites for hydroxylation is 2. The molecular weight excluding hydrogens is 318 g/mol. The lowest BCUT2D eigenvalue weighted by Gasteiger charge is -2.07. The molecule has 0 saturated heterocycles. The predicted octanol–water partition coefficient (Wildman–Crippen LogP) is 2.02. The zero-order valence-electron chi connectivity index (χ0n) is 13.7. The fourth-order valence-electron chi connectivity index (χ4n) is 2.62. The van der Waals surface area contributed by atoms with Crippen molar-refractivity contribution < 1.29 is 4.79 Å². The van der Waals surface area contributed by atoms with Crippen LogP contribution in [-0.4, -0.2) is 35.2 Å². The Hall–Kier alpha value is -3.55. The Morgan fingerprint density at radius 2 is 1.92 bits per heavy atom. The molecule has 4 rings (SSSR count). The first-order valence-electron chi connectivity index (χ1n) is 7.63. The second-order valence-electron chi connectivity index (χ2n) is 5.72. The molecule has 0 bridgehead atoms. The molecule has 1 N–H and O–H groups in total. The number of hydrogen-bond donors (Lipinski definition) is 1. The van der Waals surface area contributed by atoms with Crippen LogP contribution >= 0.6 is 0 Å². The summed E-state index contributed by atoms with van der Waals surface area (Å²) < 4.78 is 3.43. The Kier molecular flexibility index (Phi) is 3.50. The maximum absolute atomic E-state index is 12.2. The Balaban J connectivity index is 1.67. The number of fused-ring (bicyclic) bond motifs is 1. The van der Waals surface area contributed by atoms with Crippen LogP contribution in [0.15, 0.2) is 49.3 Å². The van der Waals surface area contributed by atoms with Gasteiger partial charge in [-0.05, 0) is 17.5 Å².